The van der Waals surface area contributed by atoms with Crippen LogP contribution in [0.4, 0.5) is 68.2 Å². The Hall–Kier alpha value is -12.2. The van der Waals surface area contributed by atoms with Crippen LogP contribution < -0.4 is 19.6 Å². The van der Waals surface area contributed by atoms with Gasteiger partial charge in [-0.1, -0.05) is 291 Å². The smallest absolute Gasteiger partial charge is 0.0488 e. The molecule has 0 aliphatic heterocycles. The van der Waals surface area contributed by atoms with Crippen molar-refractivity contribution in [3.05, 3.63) is 373 Å². The molecule has 1 aliphatic carbocycles. The van der Waals surface area contributed by atoms with E-state index in [0.29, 0.717) is 0 Å². The van der Waals surface area contributed by atoms with Crippen LogP contribution in [0.5, 0.6) is 0 Å². The minimum Gasteiger partial charge on any atom is -0.310 e. The SMILES string of the molecule is CC(C)(C)c1ccc(N(c2cc(-c3ccc4c(c3)C(C)(C)c3cc(-c5cc(N(c6ccc(C(C)(C)C)cc6)c6ccc7ccccc7c6)cc(N(c6ccc(C(C)(C)C)cc6)c6ccc7ccccc7c6)c5)ccc3-4)cc(N(c3ccc(C(C)(C)C)cc3)c3ccc4ccccc4c3)c2)c2ccc3ccccc3c2)cc1. The first-order chi connectivity index (χ1) is 53.2. The lowest BCUT2D eigenvalue weighted by Crippen LogP contribution is -2.16. The molecular weight excluding hydrogens is 1340 g/mol. The van der Waals surface area contributed by atoms with Gasteiger partial charge in [0, 0.05) is 73.7 Å². The summed E-state index contributed by atoms with van der Waals surface area (Å²) >= 11 is 0. The van der Waals surface area contributed by atoms with E-state index in [1.54, 1.807) is 0 Å². The maximum Gasteiger partial charge on any atom is 0.0488 e. The molecule has 0 amide bonds. The van der Waals surface area contributed by atoms with Crippen LogP contribution in [0.3, 0.4) is 0 Å². The highest BCUT2D eigenvalue weighted by atomic mass is 15.2. The predicted molar refractivity (Wildman–Crippen MR) is 478 cm³/mol. The Morgan fingerprint density at radius 1 is 0.180 bits per heavy atom. The van der Waals surface area contributed by atoms with Crippen LogP contribution in [0, 0.1) is 0 Å². The highest BCUT2D eigenvalue weighted by molar-refractivity contribution is 5.98. The quantitative estimate of drug-likeness (QED) is 0.108. The fourth-order valence-corrected chi connectivity index (χ4v) is 16.6. The molecule has 0 unspecified atom stereocenters. The molecule has 0 radical (unpaired) electrons. The molecule has 16 aromatic rings. The zero-order valence-electron chi connectivity index (χ0n) is 66.6. The lowest BCUT2D eigenvalue weighted by Gasteiger charge is -2.31. The van der Waals surface area contributed by atoms with Gasteiger partial charge in [0.25, 0.3) is 0 Å². The van der Waals surface area contributed by atoms with Crippen molar-refractivity contribution in [2.45, 2.75) is 124 Å². The molecule has 0 N–H and O–H groups in total. The van der Waals surface area contributed by atoms with E-state index in [4.69, 9.17) is 0 Å². The van der Waals surface area contributed by atoms with Gasteiger partial charge in [0.05, 0.1) is 0 Å². The summed E-state index contributed by atoms with van der Waals surface area (Å²) in [5.41, 5.74) is 27.1. The van der Waals surface area contributed by atoms with Gasteiger partial charge >= 0.3 is 0 Å². The molecule has 1 aliphatic rings. The summed E-state index contributed by atoms with van der Waals surface area (Å²) in [7, 11) is 0. The van der Waals surface area contributed by atoms with E-state index in [1.807, 2.05) is 0 Å². The van der Waals surface area contributed by atoms with Crippen LogP contribution in [0.2, 0.25) is 0 Å². The van der Waals surface area contributed by atoms with E-state index in [2.05, 4.69) is 456 Å². The molecule has 0 saturated heterocycles. The Labute approximate surface area is 657 Å². The van der Waals surface area contributed by atoms with Crippen LogP contribution >= 0.6 is 0 Å². The Balaban J connectivity index is 0.851. The number of benzene rings is 16. The summed E-state index contributed by atoms with van der Waals surface area (Å²) in [6.07, 6.45) is 0. The Bertz CT molecular complexity index is 5510. The fraction of sp³-hybridized carbons (Fsp3) is 0.178. The first kappa shape index (κ1) is 71.7. The molecule has 16 aromatic carbocycles. The van der Waals surface area contributed by atoms with Gasteiger partial charge in [-0.2, -0.15) is 0 Å². The van der Waals surface area contributed by atoms with Crippen molar-refractivity contribution in [2.24, 2.45) is 0 Å². The largest absolute Gasteiger partial charge is 0.310 e. The third-order valence-electron chi connectivity index (χ3n) is 23.1. The number of hydrogen-bond donors (Lipinski definition) is 0. The average Bonchev–Trinajstić information content (AvgIpc) is 1.60. The summed E-state index contributed by atoms with van der Waals surface area (Å²) in [6, 6.07) is 129. The summed E-state index contributed by atoms with van der Waals surface area (Å²) in [5.74, 6) is 0. The van der Waals surface area contributed by atoms with Gasteiger partial charge in [0.2, 0.25) is 0 Å². The third kappa shape index (κ3) is 13.9. The molecule has 0 saturated carbocycles. The second-order valence-electron chi connectivity index (χ2n) is 35.3. The number of nitrogens with zero attached hydrogens (tertiary/aromatic N) is 4. The number of hydrogen-bond acceptors (Lipinski definition) is 4. The van der Waals surface area contributed by atoms with Crippen LogP contribution in [0.15, 0.2) is 340 Å². The van der Waals surface area contributed by atoms with Crippen molar-refractivity contribution in [3.63, 3.8) is 0 Å². The van der Waals surface area contributed by atoms with Crippen LogP contribution in [0.25, 0.3) is 76.5 Å². The lowest BCUT2D eigenvalue weighted by molar-refractivity contribution is 0.590. The monoisotopic (exact) mass is 1440 g/mol. The topological polar surface area (TPSA) is 13.0 Å². The molecule has 17 rings (SSSR count). The molecule has 0 bridgehead atoms. The van der Waals surface area contributed by atoms with Crippen molar-refractivity contribution in [1.82, 2.24) is 0 Å². The Kier molecular flexibility index (Phi) is 17.9. The first-order valence-corrected chi connectivity index (χ1v) is 39.4. The van der Waals surface area contributed by atoms with E-state index >= 15 is 0 Å². The molecule has 111 heavy (non-hydrogen) atoms. The van der Waals surface area contributed by atoms with Crippen LogP contribution in [0.1, 0.15) is 130 Å². The Morgan fingerprint density at radius 2 is 0.396 bits per heavy atom. The maximum atomic E-state index is 2.51. The molecule has 0 atom stereocenters. The normalized spacial score (nSPS) is 12.8. The highest BCUT2D eigenvalue weighted by Gasteiger charge is 2.37. The summed E-state index contributed by atoms with van der Waals surface area (Å²) in [6.45, 7) is 32.4. The predicted octanol–water partition coefficient (Wildman–Crippen LogP) is 31.0. The second kappa shape index (κ2) is 27.7. The van der Waals surface area contributed by atoms with Crippen molar-refractivity contribution < 1.29 is 0 Å². The molecule has 4 heteroatoms. The van der Waals surface area contributed by atoms with E-state index in [1.165, 1.54) is 87.6 Å². The molecule has 546 valence electrons. The lowest BCUT2D eigenvalue weighted by atomic mass is 9.80. The van der Waals surface area contributed by atoms with Crippen molar-refractivity contribution in [3.8, 4) is 33.4 Å². The first-order valence-electron chi connectivity index (χ1n) is 39.4. The molecule has 0 spiro atoms. The molecule has 0 aromatic heterocycles. The summed E-state index contributed by atoms with van der Waals surface area (Å²) in [4.78, 5) is 9.87. The van der Waals surface area contributed by atoms with Gasteiger partial charge in [-0.05, 0) is 277 Å². The van der Waals surface area contributed by atoms with Crippen molar-refractivity contribution >= 4 is 111 Å². The number of anilines is 12. The summed E-state index contributed by atoms with van der Waals surface area (Å²) in [5, 5.41) is 9.56. The zero-order chi connectivity index (χ0) is 76.9. The minimum absolute atomic E-state index is 0.0271. The Morgan fingerprint density at radius 3 is 0.622 bits per heavy atom. The zero-order valence-corrected chi connectivity index (χ0v) is 66.6. The van der Waals surface area contributed by atoms with E-state index < -0.39 is 5.41 Å². The van der Waals surface area contributed by atoms with Gasteiger partial charge < -0.3 is 19.6 Å². The molecule has 4 nitrogen and oxygen atoms in total. The minimum atomic E-state index is -0.409. The fourth-order valence-electron chi connectivity index (χ4n) is 16.6. The second-order valence-corrected chi connectivity index (χ2v) is 35.3. The van der Waals surface area contributed by atoms with E-state index in [-0.39, 0.29) is 21.7 Å². The van der Waals surface area contributed by atoms with Gasteiger partial charge in [-0.25, -0.2) is 0 Å². The molecule has 0 heterocycles. The van der Waals surface area contributed by atoms with Crippen LogP contribution in [-0.4, -0.2) is 0 Å². The third-order valence-corrected chi connectivity index (χ3v) is 23.1. The number of fused-ring (bicyclic) bond motifs is 7. The average molecular weight is 1440 g/mol. The maximum absolute atomic E-state index is 2.51. The van der Waals surface area contributed by atoms with Gasteiger partial charge in [0.1, 0.15) is 0 Å². The van der Waals surface area contributed by atoms with E-state index in [9.17, 15) is 0 Å². The van der Waals surface area contributed by atoms with Crippen molar-refractivity contribution in [2.75, 3.05) is 19.6 Å². The van der Waals surface area contributed by atoms with Gasteiger partial charge in [-0.3, -0.25) is 0 Å². The summed E-state index contributed by atoms with van der Waals surface area (Å²) < 4.78 is 0. The highest BCUT2D eigenvalue weighted by Crippen LogP contribution is 2.54. The van der Waals surface area contributed by atoms with Gasteiger partial charge in [0.15, 0.2) is 0 Å². The molecule has 0 fully saturated rings. The molecular formula is C107H98N4. The van der Waals surface area contributed by atoms with E-state index in [0.717, 1.165) is 90.5 Å². The van der Waals surface area contributed by atoms with Gasteiger partial charge in [-0.15, -0.1) is 0 Å². The van der Waals surface area contributed by atoms with Crippen molar-refractivity contribution in [1.29, 1.82) is 0 Å². The van der Waals surface area contributed by atoms with Crippen LogP contribution in [-0.2, 0) is 27.1 Å². The number of rotatable bonds is 14. The standard InChI is InChI=1S/C107H98N4/c1-103(2,3)83-37-49-87(50-38-83)108(91-45-31-71-23-15-19-27-75(71)59-91)95-63-81(64-96(69-95)109(88-51-39-84(40-52-88)104(4,5)6)92-46-32-72-24-16-20-28-76(72)60-92)79-35-57-99-100-58-36-80(68-102(100)107(13,14)101(99)67-79)82-65-97(110(89-53-41-85(42-54-89)105(7,8)9)93-47-33-73-25-17-21-29-77(73)61-93)70-98(66-82)111(90-55-43-86(44-56-90)106(10,11)12)94-48-34-74-26-18-22-30-78(74)62-94/h15-70H,1-14H3.